The lowest BCUT2D eigenvalue weighted by Crippen LogP contribution is -1.92. The Kier molecular flexibility index (Phi) is 3.25. The topological polar surface area (TPSA) is 41.8 Å². The number of rotatable bonds is 3. The van der Waals surface area contributed by atoms with Crippen molar-refractivity contribution in [2.45, 2.75) is 6.42 Å². The van der Waals surface area contributed by atoms with Gasteiger partial charge in [-0.05, 0) is 17.7 Å². The molecular weight excluding hydrogens is 173 g/mol. The van der Waals surface area contributed by atoms with Crippen LogP contribution in [0, 0.1) is 5.82 Å². The molecule has 0 heterocycles. The van der Waals surface area contributed by atoms with Gasteiger partial charge in [0.2, 0.25) is 0 Å². The van der Waals surface area contributed by atoms with Crippen LogP contribution in [-0.4, -0.2) is 18.5 Å². The van der Waals surface area contributed by atoms with E-state index in [4.69, 9.17) is 9.94 Å². The van der Waals surface area contributed by atoms with Crippen LogP contribution in [0.15, 0.2) is 23.4 Å². The molecule has 0 aliphatic rings. The van der Waals surface area contributed by atoms with Crippen LogP contribution in [0.5, 0.6) is 5.75 Å². The molecule has 1 rings (SSSR count). The lowest BCUT2D eigenvalue weighted by Gasteiger charge is -2.02. The second-order valence-corrected chi connectivity index (χ2v) is 2.47. The Balaban J connectivity index is 2.86. The first-order valence-electron chi connectivity index (χ1n) is 3.76. The number of hydrogen-bond acceptors (Lipinski definition) is 3. The molecule has 0 atom stereocenters. The van der Waals surface area contributed by atoms with Crippen molar-refractivity contribution in [2.75, 3.05) is 7.11 Å². The van der Waals surface area contributed by atoms with Gasteiger partial charge in [0, 0.05) is 12.6 Å². The van der Waals surface area contributed by atoms with Gasteiger partial charge in [0.1, 0.15) is 0 Å². The van der Waals surface area contributed by atoms with Gasteiger partial charge in [-0.2, -0.15) is 0 Å². The SMILES string of the molecule is COc1cc(CC=NO)ccc1F. The third kappa shape index (κ3) is 2.43. The van der Waals surface area contributed by atoms with E-state index >= 15 is 0 Å². The Morgan fingerprint density at radius 1 is 1.62 bits per heavy atom. The molecule has 0 bridgehead atoms. The maximum atomic E-state index is 12.9. The molecule has 0 fully saturated rings. The summed E-state index contributed by atoms with van der Waals surface area (Å²) < 4.78 is 17.7. The van der Waals surface area contributed by atoms with E-state index in [0.29, 0.717) is 6.42 Å². The third-order valence-electron chi connectivity index (χ3n) is 1.62. The van der Waals surface area contributed by atoms with E-state index in [1.165, 1.54) is 19.4 Å². The zero-order chi connectivity index (χ0) is 9.68. The monoisotopic (exact) mass is 183 g/mol. The summed E-state index contributed by atoms with van der Waals surface area (Å²) in [6.07, 6.45) is 1.78. The quantitative estimate of drug-likeness (QED) is 0.441. The fraction of sp³-hybridized carbons (Fsp3) is 0.222. The van der Waals surface area contributed by atoms with Crippen molar-refractivity contribution < 1.29 is 14.3 Å². The van der Waals surface area contributed by atoms with E-state index in [1.54, 1.807) is 12.1 Å². The summed E-state index contributed by atoms with van der Waals surface area (Å²) in [6, 6.07) is 4.50. The van der Waals surface area contributed by atoms with Crippen molar-refractivity contribution >= 4 is 6.21 Å². The predicted octanol–water partition coefficient (Wildman–Crippen LogP) is 1.84. The molecule has 0 unspecified atom stereocenters. The lowest BCUT2D eigenvalue weighted by atomic mass is 10.1. The molecule has 0 amide bonds. The third-order valence-corrected chi connectivity index (χ3v) is 1.62. The van der Waals surface area contributed by atoms with Crippen LogP contribution < -0.4 is 4.74 Å². The highest BCUT2D eigenvalue weighted by atomic mass is 19.1. The summed E-state index contributed by atoms with van der Waals surface area (Å²) in [6.45, 7) is 0. The maximum absolute atomic E-state index is 12.9. The van der Waals surface area contributed by atoms with Crippen LogP contribution in [0.1, 0.15) is 5.56 Å². The molecule has 0 saturated carbocycles. The molecular formula is C9H10FNO2. The second kappa shape index (κ2) is 4.45. The predicted molar refractivity (Wildman–Crippen MR) is 46.9 cm³/mol. The fourth-order valence-corrected chi connectivity index (χ4v) is 0.977. The number of nitrogens with zero attached hydrogens (tertiary/aromatic N) is 1. The average Bonchev–Trinajstić information content (AvgIpc) is 2.16. The van der Waals surface area contributed by atoms with Crippen molar-refractivity contribution in [3.63, 3.8) is 0 Å². The van der Waals surface area contributed by atoms with Crippen molar-refractivity contribution in [3.8, 4) is 5.75 Å². The van der Waals surface area contributed by atoms with E-state index in [-0.39, 0.29) is 5.75 Å². The van der Waals surface area contributed by atoms with E-state index in [2.05, 4.69) is 5.16 Å². The van der Waals surface area contributed by atoms with Gasteiger partial charge in [0.25, 0.3) is 0 Å². The van der Waals surface area contributed by atoms with E-state index in [0.717, 1.165) is 5.56 Å². The first-order valence-corrected chi connectivity index (χ1v) is 3.76. The number of halogens is 1. The molecule has 13 heavy (non-hydrogen) atoms. The Bertz CT molecular complexity index is 312. The van der Waals surface area contributed by atoms with Gasteiger partial charge in [-0.25, -0.2) is 4.39 Å². The molecule has 1 aromatic carbocycles. The number of oxime groups is 1. The van der Waals surface area contributed by atoms with Crippen LogP contribution in [0.3, 0.4) is 0 Å². The zero-order valence-electron chi connectivity index (χ0n) is 7.20. The first kappa shape index (κ1) is 9.51. The number of ether oxygens (including phenoxy) is 1. The molecule has 70 valence electrons. The normalized spacial score (nSPS) is 10.6. The van der Waals surface area contributed by atoms with Crippen molar-refractivity contribution in [3.05, 3.63) is 29.6 Å². The molecule has 0 aromatic heterocycles. The summed E-state index contributed by atoms with van der Waals surface area (Å²) in [5.74, 6) is -0.198. The maximum Gasteiger partial charge on any atom is 0.165 e. The van der Waals surface area contributed by atoms with Crippen LogP contribution >= 0.6 is 0 Å². The summed E-state index contributed by atoms with van der Waals surface area (Å²) >= 11 is 0. The first-order chi connectivity index (χ1) is 6.27. The highest BCUT2D eigenvalue weighted by Crippen LogP contribution is 2.17. The van der Waals surface area contributed by atoms with E-state index < -0.39 is 5.82 Å². The molecule has 0 spiro atoms. The molecule has 0 aliphatic heterocycles. The Hall–Kier alpha value is -1.58. The summed E-state index contributed by atoms with van der Waals surface area (Å²) in [5.41, 5.74) is 0.830. The van der Waals surface area contributed by atoms with Crippen LogP contribution in [-0.2, 0) is 6.42 Å². The van der Waals surface area contributed by atoms with Gasteiger partial charge in [-0.3, -0.25) is 0 Å². The minimum absolute atomic E-state index is 0.198. The zero-order valence-corrected chi connectivity index (χ0v) is 7.20. The number of benzene rings is 1. The lowest BCUT2D eigenvalue weighted by molar-refractivity contribution is 0.320. The van der Waals surface area contributed by atoms with Gasteiger partial charge in [-0.15, -0.1) is 5.16 Å². The Labute approximate surface area is 75.4 Å². The molecule has 4 heteroatoms. The summed E-state index contributed by atoms with van der Waals surface area (Å²) in [7, 11) is 1.41. The molecule has 0 saturated heterocycles. The summed E-state index contributed by atoms with van der Waals surface area (Å²) in [5, 5.41) is 11.0. The van der Waals surface area contributed by atoms with Gasteiger partial charge in [-0.1, -0.05) is 6.07 Å². The summed E-state index contributed by atoms with van der Waals surface area (Å²) in [4.78, 5) is 0. The van der Waals surface area contributed by atoms with Gasteiger partial charge in [0.15, 0.2) is 11.6 Å². The van der Waals surface area contributed by atoms with Crippen molar-refractivity contribution in [2.24, 2.45) is 5.16 Å². The molecule has 1 N–H and O–H groups in total. The van der Waals surface area contributed by atoms with Gasteiger partial charge < -0.3 is 9.94 Å². The Morgan fingerprint density at radius 2 is 2.38 bits per heavy atom. The largest absolute Gasteiger partial charge is 0.494 e. The smallest absolute Gasteiger partial charge is 0.165 e. The van der Waals surface area contributed by atoms with Gasteiger partial charge >= 0.3 is 0 Å². The van der Waals surface area contributed by atoms with Crippen molar-refractivity contribution in [1.29, 1.82) is 0 Å². The van der Waals surface area contributed by atoms with Gasteiger partial charge in [0.05, 0.1) is 7.11 Å². The number of methoxy groups -OCH3 is 1. The molecule has 0 aliphatic carbocycles. The molecule has 3 nitrogen and oxygen atoms in total. The second-order valence-electron chi connectivity index (χ2n) is 2.47. The highest BCUT2D eigenvalue weighted by Gasteiger charge is 2.01. The average molecular weight is 183 g/mol. The van der Waals surface area contributed by atoms with E-state index in [9.17, 15) is 4.39 Å². The van der Waals surface area contributed by atoms with E-state index in [1.807, 2.05) is 0 Å². The minimum Gasteiger partial charge on any atom is -0.494 e. The Morgan fingerprint density at radius 3 is 3.00 bits per heavy atom. The molecule has 0 radical (unpaired) electrons. The molecule has 1 aromatic rings. The fourth-order valence-electron chi connectivity index (χ4n) is 0.977. The van der Waals surface area contributed by atoms with Crippen LogP contribution in [0.4, 0.5) is 4.39 Å². The van der Waals surface area contributed by atoms with Crippen molar-refractivity contribution in [1.82, 2.24) is 0 Å². The van der Waals surface area contributed by atoms with Crippen LogP contribution in [0.25, 0.3) is 0 Å². The standard InChI is InChI=1S/C9H10FNO2/c1-13-9-6-7(4-5-11-12)2-3-8(9)10/h2-3,5-6,12H,4H2,1H3. The minimum atomic E-state index is -0.396. The number of hydrogen-bond donors (Lipinski definition) is 1. The van der Waals surface area contributed by atoms with Crippen LogP contribution in [0.2, 0.25) is 0 Å². The highest BCUT2D eigenvalue weighted by molar-refractivity contribution is 5.61.